The van der Waals surface area contributed by atoms with E-state index in [9.17, 15) is 19.2 Å². The molecule has 1 amide bonds. The van der Waals surface area contributed by atoms with Gasteiger partial charge in [-0.05, 0) is 31.9 Å². The van der Waals surface area contributed by atoms with Crippen molar-refractivity contribution < 1.29 is 33.8 Å². The Kier molecular flexibility index (Phi) is 7.10. The number of rotatable bonds is 8. The van der Waals surface area contributed by atoms with Crippen LogP contribution >= 0.6 is 11.3 Å². The molecule has 0 aliphatic carbocycles. The molecule has 0 saturated carbocycles. The zero-order chi connectivity index (χ0) is 21.7. The summed E-state index contributed by atoms with van der Waals surface area (Å²) >= 11 is 0.901. The van der Waals surface area contributed by atoms with Crippen LogP contribution in [0.3, 0.4) is 0 Å². The van der Waals surface area contributed by atoms with Crippen molar-refractivity contribution in [1.82, 2.24) is 9.78 Å². The summed E-state index contributed by atoms with van der Waals surface area (Å²) in [6.07, 6.45) is 1.98. The maximum Gasteiger partial charge on any atom is 0.356 e. The molecule has 0 radical (unpaired) electrons. The number of ether oxygens (including phenoxy) is 2. The minimum Gasteiger partial charge on any atom is -0.476 e. The number of carboxylic acid groups (broad SMARTS) is 1. The molecule has 156 valence electrons. The molecular weight excluding hydrogens is 402 g/mol. The van der Waals surface area contributed by atoms with Gasteiger partial charge >= 0.3 is 17.9 Å². The molecule has 0 saturated heterocycles. The quantitative estimate of drug-likeness (QED) is 0.618. The normalized spacial score (nSPS) is 11.6. The second-order valence-corrected chi connectivity index (χ2v) is 7.06. The van der Waals surface area contributed by atoms with Crippen LogP contribution in [0.4, 0.5) is 5.00 Å². The number of carboxylic acids is 1. The molecule has 11 heteroatoms. The van der Waals surface area contributed by atoms with E-state index in [1.807, 2.05) is 6.92 Å². The number of amides is 1. The Bertz CT molecular complexity index is 947. The molecule has 2 aromatic heterocycles. The summed E-state index contributed by atoms with van der Waals surface area (Å²) in [7, 11) is 1.22. The van der Waals surface area contributed by atoms with Crippen molar-refractivity contribution in [2.75, 3.05) is 19.0 Å². The zero-order valence-corrected chi connectivity index (χ0v) is 17.2. The first-order chi connectivity index (χ1) is 13.7. The van der Waals surface area contributed by atoms with E-state index in [4.69, 9.17) is 14.6 Å². The molecule has 0 aliphatic heterocycles. The number of carbonyl (C=O) groups excluding carboxylic acids is 3. The fraction of sp³-hybridized carbons (Fsp3) is 0.389. The first-order valence-electron chi connectivity index (χ1n) is 8.69. The first-order valence-corrected chi connectivity index (χ1v) is 9.51. The highest BCUT2D eigenvalue weighted by molar-refractivity contribution is 7.18. The Balaban J connectivity index is 2.33. The fourth-order valence-electron chi connectivity index (χ4n) is 2.41. The SMILES string of the molecule is CCCOC(=O)c1c(NC(=O)C(C)n2ccc(C(=O)O)n2)sc(C(=O)OC)c1C. The predicted molar refractivity (Wildman–Crippen MR) is 103 cm³/mol. The zero-order valence-electron chi connectivity index (χ0n) is 16.3. The first kappa shape index (κ1) is 22.1. The number of esters is 2. The molecule has 1 atom stereocenters. The van der Waals surface area contributed by atoms with Gasteiger partial charge in [-0.1, -0.05) is 6.92 Å². The van der Waals surface area contributed by atoms with Crippen molar-refractivity contribution in [2.24, 2.45) is 0 Å². The highest BCUT2D eigenvalue weighted by Crippen LogP contribution is 2.34. The Morgan fingerprint density at radius 1 is 1.31 bits per heavy atom. The molecule has 1 unspecified atom stereocenters. The van der Waals surface area contributed by atoms with Crippen molar-refractivity contribution in [3.63, 3.8) is 0 Å². The number of hydrogen-bond donors (Lipinski definition) is 2. The van der Waals surface area contributed by atoms with Crippen LogP contribution in [0.15, 0.2) is 12.3 Å². The predicted octanol–water partition coefficient (Wildman–Crippen LogP) is 2.50. The number of methoxy groups -OCH3 is 1. The van der Waals surface area contributed by atoms with E-state index in [0.29, 0.717) is 12.0 Å². The van der Waals surface area contributed by atoms with Gasteiger partial charge in [0.1, 0.15) is 15.9 Å². The Hall–Kier alpha value is -3.21. The summed E-state index contributed by atoms with van der Waals surface area (Å²) in [6.45, 7) is 5.12. The van der Waals surface area contributed by atoms with Crippen LogP contribution in [0.1, 0.15) is 62.4 Å². The van der Waals surface area contributed by atoms with E-state index in [-0.39, 0.29) is 27.7 Å². The summed E-state index contributed by atoms with van der Waals surface area (Å²) < 4.78 is 11.1. The van der Waals surface area contributed by atoms with Crippen LogP contribution in [0.25, 0.3) is 0 Å². The minimum absolute atomic E-state index is 0.0797. The van der Waals surface area contributed by atoms with Crippen molar-refractivity contribution >= 4 is 40.2 Å². The second-order valence-electron chi connectivity index (χ2n) is 6.04. The van der Waals surface area contributed by atoms with Crippen LogP contribution in [0, 0.1) is 6.92 Å². The van der Waals surface area contributed by atoms with Crippen LogP contribution in [-0.2, 0) is 14.3 Å². The maximum atomic E-state index is 12.7. The van der Waals surface area contributed by atoms with Gasteiger partial charge in [0.2, 0.25) is 5.91 Å². The van der Waals surface area contributed by atoms with E-state index < -0.39 is 29.9 Å². The molecule has 2 N–H and O–H groups in total. The monoisotopic (exact) mass is 423 g/mol. The van der Waals surface area contributed by atoms with E-state index in [2.05, 4.69) is 10.4 Å². The van der Waals surface area contributed by atoms with Crippen LogP contribution in [0.2, 0.25) is 0 Å². The summed E-state index contributed by atoms with van der Waals surface area (Å²) in [5.74, 6) is -3.06. The van der Waals surface area contributed by atoms with Crippen molar-refractivity contribution in [2.45, 2.75) is 33.2 Å². The van der Waals surface area contributed by atoms with Crippen molar-refractivity contribution in [3.05, 3.63) is 34.0 Å². The van der Waals surface area contributed by atoms with Crippen molar-refractivity contribution in [3.8, 4) is 0 Å². The molecule has 0 spiro atoms. The van der Waals surface area contributed by atoms with Crippen molar-refractivity contribution in [1.29, 1.82) is 0 Å². The number of hydrogen-bond acceptors (Lipinski definition) is 8. The molecule has 2 heterocycles. The van der Waals surface area contributed by atoms with Gasteiger partial charge in [-0.15, -0.1) is 11.3 Å². The van der Waals surface area contributed by atoms with Gasteiger partial charge in [0.15, 0.2) is 5.69 Å². The third-order valence-corrected chi connectivity index (χ3v) is 5.19. The number of nitrogens with one attached hydrogen (secondary N) is 1. The van der Waals surface area contributed by atoms with Gasteiger partial charge in [-0.25, -0.2) is 14.4 Å². The van der Waals surface area contributed by atoms with E-state index >= 15 is 0 Å². The average molecular weight is 423 g/mol. The molecule has 0 bridgehead atoms. The standard InChI is InChI=1S/C18H21N3O7S/c1-5-8-28-17(25)12-9(2)13(18(26)27-4)29-15(12)19-14(22)10(3)21-7-6-11(20-21)16(23)24/h6-7,10H,5,8H2,1-4H3,(H,19,22)(H,23,24). The lowest BCUT2D eigenvalue weighted by Crippen LogP contribution is -2.25. The summed E-state index contributed by atoms with van der Waals surface area (Å²) in [4.78, 5) is 48.3. The van der Waals surface area contributed by atoms with Gasteiger partial charge in [0.05, 0.1) is 19.3 Å². The highest BCUT2D eigenvalue weighted by atomic mass is 32.1. The number of aromatic carboxylic acids is 1. The molecule has 29 heavy (non-hydrogen) atoms. The molecular formula is C18H21N3O7S. The average Bonchev–Trinajstić information content (AvgIpc) is 3.30. The van der Waals surface area contributed by atoms with E-state index in [1.54, 1.807) is 6.92 Å². The van der Waals surface area contributed by atoms with Gasteiger partial charge in [0.25, 0.3) is 0 Å². The van der Waals surface area contributed by atoms with Crippen LogP contribution in [-0.4, -0.2) is 52.4 Å². The number of nitrogens with zero attached hydrogens (tertiary/aromatic N) is 2. The van der Waals surface area contributed by atoms with E-state index in [1.165, 1.54) is 31.0 Å². The number of anilines is 1. The molecule has 10 nitrogen and oxygen atoms in total. The van der Waals surface area contributed by atoms with E-state index in [0.717, 1.165) is 11.3 Å². The Morgan fingerprint density at radius 2 is 2.00 bits per heavy atom. The number of aromatic nitrogens is 2. The third kappa shape index (κ3) is 4.80. The third-order valence-electron chi connectivity index (χ3n) is 4.00. The lowest BCUT2D eigenvalue weighted by atomic mass is 10.1. The lowest BCUT2D eigenvalue weighted by molar-refractivity contribution is -0.119. The van der Waals surface area contributed by atoms with Gasteiger partial charge < -0.3 is 19.9 Å². The fourth-order valence-corrected chi connectivity index (χ4v) is 3.52. The maximum absolute atomic E-state index is 12.7. The van der Waals surface area contributed by atoms with Crippen LogP contribution in [0.5, 0.6) is 0 Å². The Morgan fingerprint density at radius 3 is 2.55 bits per heavy atom. The van der Waals surface area contributed by atoms with Gasteiger partial charge in [-0.2, -0.15) is 5.10 Å². The summed E-state index contributed by atoms with van der Waals surface area (Å²) in [6, 6.07) is 0.399. The molecule has 0 aromatic carbocycles. The lowest BCUT2D eigenvalue weighted by Gasteiger charge is -2.13. The largest absolute Gasteiger partial charge is 0.476 e. The van der Waals surface area contributed by atoms with Crippen LogP contribution < -0.4 is 5.32 Å². The molecule has 2 aromatic rings. The van der Waals surface area contributed by atoms with Gasteiger partial charge in [-0.3, -0.25) is 9.48 Å². The number of thiophene rings is 1. The molecule has 2 rings (SSSR count). The Labute approximate surface area is 170 Å². The molecule has 0 fully saturated rings. The second kappa shape index (κ2) is 9.32. The highest BCUT2D eigenvalue weighted by Gasteiger charge is 2.28. The minimum atomic E-state index is -1.21. The van der Waals surface area contributed by atoms with Gasteiger partial charge in [0, 0.05) is 6.20 Å². The smallest absolute Gasteiger partial charge is 0.356 e. The topological polar surface area (TPSA) is 137 Å². The number of carbonyl (C=O) groups is 4. The summed E-state index contributed by atoms with van der Waals surface area (Å²) in [5.41, 5.74) is 0.225. The summed E-state index contributed by atoms with van der Waals surface area (Å²) in [5, 5.41) is 15.5. The molecule has 0 aliphatic rings.